The largest absolute Gasteiger partial charge is 0.234 e. The van der Waals surface area contributed by atoms with Gasteiger partial charge in [-0.3, -0.25) is 0 Å². The zero-order chi connectivity index (χ0) is 4.12. The first kappa shape index (κ1) is 4.41. The van der Waals surface area contributed by atoms with Crippen molar-refractivity contribution in [2.24, 2.45) is 0 Å². The van der Waals surface area contributed by atoms with Gasteiger partial charge in [-0.25, -0.2) is 9.90 Å². The maximum absolute atomic E-state index is 9.21. The van der Waals surface area contributed by atoms with Crippen LogP contribution in [-0.4, -0.2) is 12.5 Å². The molecule has 0 fully saturated rings. The van der Waals surface area contributed by atoms with Crippen molar-refractivity contribution in [3.8, 4) is 0 Å². The van der Waals surface area contributed by atoms with Gasteiger partial charge in [-0.05, 0) is 0 Å². The third-order valence-electron chi connectivity index (χ3n) is 0.167. The minimum absolute atomic E-state index is 0.455. The zero-order valence-electron chi connectivity index (χ0n) is 2.60. The van der Waals surface area contributed by atoms with Crippen LogP contribution in [0.2, 0.25) is 0 Å². The molecule has 2 heteroatoms. The molecule has 0 aliphatic rings. The van der Waals surface area contributed by atoms with Crippen molar-refractivity contribution in [3.63, 3.8) is 0 Å². The van der Waals surface area contributed by atoms with Crippen molar-refractivity contribution in [1.82, 2.24) is 0 Å². The molecule has 0 spiro atoms. The van der Waals surface area contributed by atoms with Crippen LogP contribution in [0.1, 0.15) is 0 Å². The molecule has 0 amide bonds. The van der Waals surface area contributed by atoms with Crippen molar-refractivity contribution in [3.05, 3.63) is 6.08 Å². The lowest BCUT2D eigenvalue weighted by molar-refractivity contribution is 0.233. The average molecular weight is 71.1 g/mol. The number of rotatable bonds is 1. The smallest absolute Gasteiger partial charge is 0.122 e. The second-order valence-electron chi connectivity index (χ2n) is 0.489. The summed E-state index contributed by atoms with van der Waals surface area (Å²) in [7, 11) is 0. The number of hydrogen-bond acceptors (Lipinski definition) is 1. The highest BCUT2D eigenvalue weighted by molar-refractivity contribution is 5.44. The molecule has 0 aromatic carbocycles. The van der Waals surface area contributed by atoms with Gasteiger partial charge in [0.1, 0.15) is 12.5 Å². The molecule has 0 aromatic rings. The summed E-state index contributed by atoms with van der Waals surface area (Å²) in [6, 6.07) is 0. The minimum Gasteiger partial charge on any atom is -0.234 e. The Morgan fingerprint density at radius 1 is 1.80 bits per heavy atom. The topological polar surface area (TPSA) is 37.0 Å². The highest BCUT2D eigenvalue weighted by Crippen LogP contribution is 1.47. The van der Waals surface area contributed by atoms with Crippen LogP contribution in [0.15, 0.2) is 6.08 Å². The Balaban J connectivity index is 2.93. The molecular formula is C3H3O2. The molecule has 27 valence electrons. The molecule has 0 atom stereocenters. The van der Waals surface area contributed by atoms with Gasteiger partial charge in [0.15, 0.2) is 0 Å². The SMILES string of the molecule is [O]CC=C=O. The minimum atomic E-state index is -0.455. The number of hydrogen-bond donors (Lipinski definition) is 0. The molecule has 0 saturated heterocycles. The molecule has 1 radical (unpaired) electrons. The Kier molecular flexibility index (Phi) is 3.01. The highest BCUT2D eigenvalue weighted by Gasteiger charge is 1.57. The normalized spacial score (nSPS) is 5.80. The van der Waals surface area contributed by atoms with Gasteiger partial charge in [-0.15, -0.1) is 0 Å². The molecule has 0 N–H and O–H groups in total. The molecule has 0 unspecified atom stereocenters. The fourth-order valence-electron chi connectivity index (χ4n) is 0.0340. The van der Waals surface area contributed by atoms with Crippen molar-refractivity contribution in [2.45, 2.75) is 0 Å². The third-order valence-corrected chi connectivity index (χ3v) is 0.167. The molecule has 2 nitrogen and oxygen atoms in total. The van der Waals surface area contributed by atoms with Gasteiger partial charge in [0.05, 0.1) is 0 Å². The van der Waals surface area contributed by atoms with Gasteiger partial charge in [0.2, 0.25) is 0 Å². The third kappa shape index (κ3) is 3.41. The fraction of sp³-hybridized carbons (Fsp3) is 0.333. The van der Waals surface area contributed by atoms with E-state index in [2.05, 4.69) is 0 Å². The quantitative estimate of drug-likeness (QED) is 0.394. The van der Waals surface area contributed by atoms with Crippen molar-refractivity contribution in [1.29, 1.82) is 0 Å². The van der Waals surface area contributed by atoms with E-state index in [9.17, 15) is 5.11 Å². The van der Waals surface area contributed by atoms with Crippen LogP contribution in [0, 0.1) is 0 Å². The molecular weight excluding hydrogens is 68.0 g/mol. The van der Waals surface area contributed by atoms with Crippen LogP contribution >= 0.6 is 0 Å². The van der Waals surface area contributed by atoms with Crippen molar-refractivity contribution >= 4 is 5.94 Å². The van der Waals surface area contributed by atoms with Crippen LogP contribution in [0.3, 0.4) is 0 Å². The first-order valence-electron chi connectivity index (χ1n) is 1.19. The molecule has 5 heavy (non-hydrogen) atoms. The molecule has 0 saturated carbocycles. The van der Waals surface area contributed by atoms with Gasteiger partial charge >= 0.3 is 0 Å². The monoisotopic (exact) mass is 71.0 g/mol. The van der Waals surface area contributed by atoms with Crippen LogP contribution in [0.5, 0.6) is 0 Å². The van der Waals surface area contributed by atoms with Crippen LogP contribution in [0.4, 0.5) is 0 Å². The van der Waals surface area contributed by atoms with Gasteiger partial charge in [-0.1, -0.05) is 0 Å². The Labute approximate surface area is 29.7 Å². The Bertz CT molecular complexity index is 51.9. The summed E-state index contributed by atoms with van der Waals surface area (Å²) < 4.78 is 0. The van der Waals surface area contributed by atoms with E-state index in [1.54, 1.807) is 0 Å². The molecule has 0 aliphatic heterocycles. The number of carbonyl (C=O) groups excluding carboxylic acids is 1. The maximum atomic E-state index is 9.21. The Morgan fingerprint density at radius 3 is 2.40 bits per heavy atom. The summed E-state index contributed by atoms with van der Waals surface area (Å²) >= 11 is 0. The second-order valence-corrected chi connectivity index (χ2v) is 0.489. The van der Waals surface area contributed by atoms with E-state index in [0.717, 1.165) is 6.08 Å². The molecule has 0 rings (SSSR count). The molecule has 0 bridgehead atoms. The maximum Gasteiger partial charge on any atom is 0.122 e. The van der Waals surface area contributed by atoms with Crippen molar-refractivity contribution in [2.75, 3.05) is 6.61 Å². The van der Waals surface area contributed by atoms with E-state index in [1.165, 1.54) is 5.94 Å². The molecule has 0 aliphatic carbocycles. The van der Waals surface area contributed by atoms with E-state index >= 15 is 0 Å². The summed E-state index contributed by atoms with van der Waals surface area (Å²) in [4.78, 5) is 9.02. The van der Waals surface area contributed by atoms with Crippen LogP contribution in [0.25, 0.3) is 0 Å². The van der Waals surface area contributed by atoms with Gasteiger partial charge < -0.3 is 0 Å². The van der Waals surface area contributed by atoms with E-state index in [1.807, 2.05) is 0 Å². The van der Waals surface area contributed by atoms with E-state index in [0.29, 0.717) is 0 Å². The van der Waals surface area contributed by atoms with Crippen LogP contribution < -0.4 is 0 Å². The predicted octanol–water partition coefficient (Wildman–Crippen LogP) is -0.195. The standard InChI is InChI=1S/C3H3O2/c4-2-1-3-5/h1H,2H2. The van der Waals surface area contributed by atoms with E-state index in [4.69, 9.17) is 4.79 Å². The predicted molar refractivity (Wildman–Crippen MR) is 15.8 cm³/mol. The molecule has 0 heterocycles. The first-order chi connectivity index (χ1) is 2.41. The zero-order valence-corrected chi connectivity index (χ0v) is 2.60. The summed E-state index contributed by atoms with van der Waals surface area (Å²) in [5.74, 6) is 1.33. The van der Waals surface area contributed by atoms with E-state index in [-0.39, 0.29) is 0 Å². The summed E-state index contributed by atoms with van der Waals surface area (Å²) in [5.41, 5.74) is 0. The highest BCUT2D eigenvalue weighted by atomic mass is 16.2. The Morgan fingerprint density at radius 2 is 2.40 bits per heavy atom. The second kappa shape index (κ2) is 3.41. The Hall–Kier alpha value is -0.590. The summed E-state index contributed by atoms with van der Waals surface area (Å²) in [6.07, 6.45) is 0.889. The molecule has 0 aromatic heterocycles. The van der Waals surface area contributed by atoms with Gasteiger partial charge in [0, 0.05) is 6.08 Å². The van der Waals surface area contributed by atoms with E-state index < -0.39 is 6.61 Å². The lowest BCUT2D eigenvalue weighted by Crippen LogP contribution is -1.63. The summed E-state index contributed by atoms with van der Waals surface area (Å²) in [6.45, 7) is -0.455. The van der Waals surface area contributed by atoms with Gasteiger partial charge in [0.25, 0.3) is 0 Å². The fourth-order valence-corrected chi connectivity index (χ4v) is 0.0340. The lowest BCUT2D eigenvalue weighted by atomic mass is 10.7. The lowest BCUT2D eigenvalue weighted by Gasteiger charge is -1.52. The van der Waals surface area contributed by atoms with Crippen LogP contribution in [-0.2, 0) is 9.90 Å². The van der Waals surface area contributed by atoms with Gasteiger partial charge in [-0.2, -0.15) is 0 Å². The average Bonchev–Trinajstić information content (AvgIpc) is 1.41. The van der Waals surface area contributed by atoms with Crippen molar-refractivity contribution < 1.29 is 9.90 Å². The first-order valence-corrected chi connectivity index (χ1v) is 1.19. The summed E-state index contributed by atoms with van der Waals surface area (Å²) in [5, 5.41) is 9.21.